The van der Waals surface area contributed by atoms with Gasteiger partial charge in [-0.15, -0.1) is 0 Å². The van der Waals surface area contributed by atoms with Crippen LogP contribution in [0.4, 0.5) is 0 Å². The third-order valence-corrected chi connectivity index (χ3v) is 11.8. The minimum absolute atomic E-state index is 0.146. The molecule has 1 unspecified atom stereocenters. The summed E-state index contributed by atoms with van der Waals surface area (Å²) in [4.78, 5) is 78.5. The molecule has 0 aliphatic heterocycles. The van der Waals surface area contributed by atoms with Crippen LogP contribution < -0.4 is 26.0 Å². The van der Waals surface area contributed by atoms with Crippen molar-refractivity contribution in [2.45, 2.75) is 167 Å². The second kappa shape index (κ2) is 21.2. The molecule has 0 bridgehead atoms. The number of carbonyl (C=O) groups excluding carboxylic acids is 5. The highest BCUT2D eigenvalue weighted by molar-refractivity contribution is 7.90. The van der Waals surface area contributed by atoms with Gasteiger partial charge in [-0.2, -0.15) is 0 Å². The quantitative estimate of drug-likeness (QED) is 0.108. The lowest BCUT2D eigenvalue weighted by molar-refractivity contribution is -0.139. The van der Waals surface area contributed by atoms with E-state index < -0.39 is 74.9 Å². The molecule has 0 aromatic rings. The van der Waals surface area contributed by atoms with E-state index >= 15 is 0 Å². The molecule has 0 aromatic carbocycles. The normalized spacial score (nSPS) is 18.9. The molecule has 0 aromatic heterocycles. The zero-order valence-electron chi connectivity index (χ0n) is 30.6. The van der Waals surface area contributed by atoms with E-state index in [9.17, 15) is 37.2 Å². The molecular formula is C35H61N5O9S. The van der Waals surface area contributed by atoms with Gasteiger partial charge in [0.15, 0.2) is 0 Å². The average Bonchev–Trinajstić information content (AvgIpc) is 3.08. The van der Waals surface area contributed by atoms with Gasteiger partial charge in [0.1, 0.15) is 24.2 Å². The Bertz CT molecular complexity index is 1260. The van der Waals surface area contributed by atoms with E-state index in [-0.39, 0.29) is 37.0 Å². The lowest BCUT2D eigenvalue weighted by Crippen LogP contribution is -2.61. The highest BCUT2D eigenvalue weighted by Crippen LogP contribution is 2.29. The summed E-state index contributed by atoms with van der Waals surface area (Å²) in [7, 11) is -3.94. The molecule has 0 spiro atoms. The first-order valence-corrected chi connectivity index (χ1v) is 20.1. The van der Waals surface area contributed by atoms with Gasteiger partial charge < -0.3 is 26.4 Å². The Morgan fingerprint density at radius 1 is 0.700 bits per heavy atom. The molecule has 2 aliphatic carbocycles. The van der Waals surface area contributed by atoms with Gasteiger partial charge in [0.25, 0.3) is 5.91 Å². The largest absolute Gasteiger partial charge is 0.481 e. The Labute approximate surface area is 297 Å². The Morgan fingerprint density at radius 3 is 1.82 bits per heavy atom. The number of hydrogen-bond acceptors (Lipinski definition) is 8. The van der Waals surface area contributed by atoms with Gasteiger partial charge in [0.2, 0.25) is 33.7 Å². The van der Waals surface area contributed by atoms with Crippen LogP contribution in [0.2, 0.25) is 0 Å². The monoisotopic (exact) mass is 727 g/mol. The number of aliphatic carboxylic acids is 1. The number of nitrogens with one attached hydrogen (secondary N) is 5. The fourth-order valence-corrected chi connectivity index (χ4v) is 7.34. The molecular weight excluding hydrogens is 666 g/mol. The van der Waals surface area contributed by atoms with E-state index in [2.05, 4.69) is 26.0 Å². The van der Waals surface area contributed by atoms with Crippen LogP contribution in [0.5, 0.6) is 0 Å². The molecule has 5 atom stereocenters. The van der Waals surface area contributed by atoms with Crippen molar-refractivity contribution < 1.29 is 42.3 Å². The lowest BCUT2D eigenvalue weighted by Gasteiger charge is -2.33. The van der Waals surface area contributed by atoms with Crippen LogP contribution in [0, 0.1) is 17.8 Å². The Hall–Kier alpha value is -3.23. The zero-order valence-corrected chi connectivity index (χ0v) is 31.4. The van der Waals surface area contributed by atoms with Gasteiger partial charge >= 0.3 is 5.97 Å². The molecule has 6 N–H and O–H groups in total. The maximum Gasteiger partial charge on any atom is 0.303 e. The van der Waals surface area contributed by atoms with Gasteiger partial charge in [0, 0.05) is 6.42 Å². The van der Waals surface area contributed by atoms with E-state index in [4.69, 9.17) is 5.11 Å². The van der Waals surface area contributed by atoms with E-state index in [1.54, 1.807) is 13.8 Å². The topological polar surface area (TPSA) is 217 Å². The summed E-state index contributed by atoms with van der Waals surface area (Å²) in [5.74, 6) is -4.65. The smallest absolute Gasteiger partial charge is 0.303 e. The van der Waals surface area contributed by atoms with Gasteiger partial charge in [0.05, 0.1) is 11.7 Å². The summed E-state index contributed by atoms with van der Waals surface area (Å²) < 4.78 is 26.9. The molecule has 15 heteroatoms. The standard InChI is InChI=1S/C35H61N5O9S/c1-6-14-26(33(45)40-50(48,49)22(3)4)36-32(44)27(21-24-15-10-8-11-16-24)37-34(46)30(23(5)7-2)39-35(47)31(25-17-12-9-13-18-25)38-28(41)19-20-29(42)43/h22-27,30-31H,6-21H2,1-5H3,(H,36,44)(H,37,46)(H,38,41)(H,39,47)(H,40,45)(H,42,43)/t23?,26-,27-,30-,31-/m0/s1. The van der Waals surface area contributed by atoms with Crippen molar-refractivity contribution in [3.8, 4) is 0 Å². The van der Waals surface area contributed by atoms with Gasteiger partial charge in [-0.25, -0.2) is 8.42 Å². The first kappa shape index (κ1) is 42.9. The van der Waals surface area contributed by atoms with E-state index in [1.807, 2.05) is 6.92 Å². The van der Waals surface area contributed by atoms with Crippen LogP contribution in [0.15, 0.2) is 0 Å². The predicted molar refractivity (Wildman–Crippen MR) is 189 cm³/mol. The van der Waals surface area contributed by atoms with Gasteiger partial charge in [-0.05, 0) is 57.3 Å². The van der Waals surface area contributed by atoms with Crippen LogP contribution in [0.3, 0.4) is 0 Å². The van der Waals surface area contributed by atoms with Crippen molar-refractivity contribution in [2.24, 2.45) is 17.8 Å². The first-order chi connectivity index (χ1) is 23.6. The number of carbonyl (C=O) groups is 6. The molecule has 286 valence electrons. The minimum Gasteiger partial charge on any atom is -0.481 e. The van der Waals surface area contributed by atoms with Crippen LogP contribution in [0.25, 0.3) is 0 Å². The summed E-state index contributed by atoms with van der Waals surface area (Å²) in [6.07, 6.45) is 9.84. The van der Waals surface area contributed by atoms with Crippen molar-refractivity contribution in [2.75, 3.05) is 0 Å². The fourth-order valence-electron chi connectivity index (χ4n) is 6.68. The Balaban J connectivity index is 2.32. The summed E-state index contributed by atoms with van der Waals surface area (Å²) in [5.41, 5.74) is 0. The highest BCUT2D eigenvalue weighted by Gasteiger charge is 2.37. The average molecular weight is 728 g/mol. The molecule has 2 aliphatic rings. The maximum absolute atomic E-state index is 14.0. The zero-order chi connectivity index (χ0) is 37.4. The van der Waals surface area contributed by atoms with Crippen molar-refractivity contribution in [3.05, 3.63) is 0 Å². The molecule has 50 heavy (non-hydrogen) atoms. The Morgan fingerprint density at radius 2 is 1.28 bits per heavy atom. The number of amides is 5. The lowest BCUT2D eigenvalue weighted by atomic mass is 9.83. The predicted octanol–water partition coefficient (Wildman–Crippen LogP) is 3.04. The van der Waals surface area contributed by atoms with E-state index in [0.29, 0.717) is 32.1 Å². The highest BCUT2D eigenvalue weighted by atomic mass is 32.2. The maximum atomic E-state index is 14.0. The fraction of sp³-hybridized carbons (Fsp3) is 0.829. The van der Waals surface area contributed by atoms with Crippen molar-refractivity contribution in [3.63, 3.8) is 0 Å². The number of carboxylic acids is 1. The summed E-state index contributed by atoms with van der Waals surface area (Å²) in [6, 6.07) is -4.19. The molecule has 0 heterocycles. The molecule has 14 nitrogen and oxygen atoms in total. The summed E-state index contributed by atoms with van der Waals surface area (Å²) in [5, 5.41) is 19.3. The van der Waals surface area contributed by atoms with Gasteiger partial charge in [-0.3, -0.25) is 33.5 Å². The molecule has 0 saturated heterocycles. The van der Waals surface area contributed by atoms with Crippen LogP contribution in [0.1, 0.15) is 137 Å². The third-order valence-electron chi connectivity index (χ3n) is 10.1. The number of rotatable bonds is 20. The minimum atomic E-state index is -3.94. The van der Waals surface area contributed by atoms with Crippen molar-refractivity contribution >= 4 is 45.5 Å². The molecule has 2 fully saturated rings. The summed E-state index contributed by atoms with van der Waals surface area (Å²) >= 11 is 0. The number of carboxylic acid groups (broad SMARTS) is 1. The van der Waals surface area contributed by atoms with Crippen LogP contribution >= 0.6 is 0 Å². The van der Waals surface area contributed by atoms with E-state index in [0.717, 1.165) is 51.4 Å². The van der Waals surface area contributed by atoms with Gasteiger partial charge in [-0.1, -0.05) is 85.0 Å². The second-order valence-corrected chi connectivity index (χ2v) is 16.7. The SMILES string of the molecule is CCC[C@H](NC(=O)[C@H](CC1CCCCC1)NC(=O)[C@@H](NC(=O)[C@@H](NC(=O)CCC(=O)O)C1CCCCC1)C(C)CC)C(=O)NS(=O)(=O)C(C)C. The van der Waals surface area contributed by atoms with Crippen molar-refractivity contribution in [1.29, 1.82) is 0 Å². The van der Waals surface area contributed by atoms with Crippen LogP contribution in [-0.2, 0) is 38.8 Å². The number of hydrogen-bond donors (Lipinski definition) is 6. The van der Waals surface area contributed by atoms with E-state index in [1.165, 1.54) is 13.8 Å². The second-order valence-electron chi connectivity index (χ2n) is 14.4. The molecule has 2 saturated carbocycles. The first-order valence-electron chi connectivity index (χ1n) is 18.6. The molecule has 5 amide bonds. The summed E-state index contributed by atoms with van der Waals surface area (Å²) in [6.45, 7) is 8.36. The third kappa shape index (κ3) is 14.2. The Kier molecular flexibility index (Phi) is 18.2. The van der Waals surface area contributed by atoms with Crippen LogP contribution in [-0.4, -0.2) is 78.4 Å². The van der Waals surface area contributed by atoms with Crippen molar-refractivity contribution in [1.82, 2.24) is 26.0 Å². The molecule has 0 radical (unpaired) electrons. The number of sulfonamides is 1. The molecule has 2 rings (SSSR count).